The molecular weight excluding hydrogens is 290 g/mol. The normalized spacial score (nSPS) is 17.1. The van der Waals surface area contributed by atoms with E-state index in [0.29, 0.717) is 18.7 Å². The average molecular weight is 312 g/mol. The molecule has 0 aliphatic carbocycles. The van der Waals surface area contributed by atoms with Crippen molar-refractivity contribution in [1.82, 2.24) is 9.80 Å². The molecule has 0 atom stereocenters. The van der Waals surface area contributed by atoms with Crippen LogP contribution in [-0.4, -0.2) is 53.1 Å². The number of carbonyl (C=O) groups is 1. The first-order valence-electron chi connectivity index (χ1n) is 7.61. The van der Waals surface area contributed by atoms with Gasteiger partial charge in [-0.05, 0) is 38.5 Å². The lowest BCUT2D eigenvalue weighted by Gasteiger charge is -2.37. The molecule has 6 heteroatoms. The number of piperidine rings is 1. The lowest BCUT2D eigenvalue weighted by atomic mass is 10.0. The highest BCUT2D eigenvalue weighted by Gasteiger charge is 2.25. The fourth-order valence-corrected chi connectivity index (χ4v) is 3.01. The van der Waals surface area contributed by atoms with Crippen molar-refractivity contribution in [2.45, 2.75) is 32.4 Å². The second kappa shape index (κ2) is 7.65. The number of nitrogens with zero attached hydrogens (tertiary/aromatic N) is 2. The maximum atomic E-state index is 13.7. The zero-order valence-corrected chi connectivity index (χ0v) is 12.8. The van der Waals surface area contributed by atoms with Gasteiger partial charge in [0.05, 0.1) is 6.54 Å². The van der Waals surface area contributed by atoms with Crippen LogP contribution in [0.1, 0.15) is 25.3 Å². The summed E-state index contributed by atoms with van der Waals surface area (Å²) < 4.78 is 26.6. The van der Waals surface area contributed by atoms with E-state index in [-0.39, 0.29) is 12.6 Å². The summed E-state index contributed by atoms with van der Waals surface area (Å²) in [5.41, 5.74) is 0.498. The van der Waals surface area contributed by atoms with Gasteiger partial charge in [0.1, 0.15) is 11.6 Å². The van der Waals surface area contributed by atoms with Crippen molar-refractivity contribution < 1.29 is 18.7 Å². The van der Waals surface area contributed by atoms with Crippen molar-refractivity contribution in [2.24, 2.45) is 0 Å². The molecule has 1 aromatic carbocycles. The molecule has 1 N–H and O–H groups in total. The quantitative estimate of drug-likeness (QED) is 0.875. The Hall–Kier alpha value is -1.53. The average Bonchev–Trinajstić information content (AvgIpc) is 2.48. The maximum absolute atomic E-state index is 13.7. The second-order valence-corrected chi connectivity index (χ2v) is 5.70. The van der Waals surface area contributed by atoms with Crippen LogP contribution in [0.5, 0.6) is 0 Å². The summed E-state index contributed by atoms with van der Waals surface area (Å²) in [6, 6.07) is 3.93. The fourth-order valence-electron chi connectivity index (χ4n) is 3.01. The number of aliphatic carboxylic acids is 1. The molecule has 0 radical (unpaired) electrons. The Bertz CT molecular complexity index is 517. The Kier molecular flexibility index (Phi) is 5.85. The van der Waals surface area contributed by atoms with Crippen molar-refractivity contribution in [3.63, 3.8) is 0 Å². The molecule has 22 heavy (non-hydrogen) atoms. The summed E-state index contributed by atoms with van der Waals surface area (Å²) in [7, 11) is 0. The van der Waals surface area contributed by atoms with Gasteiger partial charge < -0.3 is 5.11 Å². The summed E-state index contributed by atoms with van der Waals surface area (Å²) >= 11 is 0. The molecule has 0 amide bonds. The molecule has 1 heterocycles. The smallest absolute Gasteiger partial charge is 0.317 e. The van der Waals surface area contributed by atoms with Crippen molar-refractivity contribution in [3.8, 4) is 0 Å². The molecule has 0 unspecified atom stereocenters. The molecule has 1 saturated heterocycles. The monoisotopic (exact) mass is 312 g/mol. The van der Waals surface area contributed by atoms with Gasteiger partial charge in [-0.25, -0.2) is 8.78 Å². The number of hydrogen-bond acceptors (Lipinski definition) is 3. The largest absolute Gasteiger partial charge is 0.480 e. The number of rotatable bonds is 6. The molecule has 0 saturated carbocycles. The minimum atomic E-state index is -0.808. The van der Waals surface area contributed by atoms with Crippen molar-refractivity contribution >= 4 is 5.97 Å². The second-order valence-electron chi connectivity index (χ2n) is 5.70. The van der Waals surface area contributed by atoms with Crippen LogP contribution in [-0.2, 0) is 11.3 Å². The van der Waals surface area contributed by atoms with Crippen molar-refractivity contribution in [2.75, 3.05) is 26.2 Å². The van der Waals surface area contributed by atoms with Gasteiger partial charge in [0, 0.05) is 24.2 Å². The highest BCUT2D eigenvalue weighted by molar-refractivity contribution is 5.69. The van der Waals surface area contributed by atoms with Crippen LogP contribution in [0.3, 0.4) is 0 Å². The predicted molar refractivity (Wildman–Crippen MR) is 79.5 cm³/mol. The zero-order chi connectivity index (χ0) is 16.1. The van der Waals surface area contributed by atoms with E-state index in [2.05, 4.69) is 4.90 Å². The number of halogens is 2. The molecule has 1 aliphatic heterocycles. The van der Waals surface area contributed by atoms with Gasteiger partial charge in [-0.15, -0.1) is 0 Å². The van der Waals surface area contributed by atoms with Crippen molar-refractivity contribution in [1.29, 1.82) is 0 Å². The van der Waals surface area contributed by atoms with Crippen LogP contribution in [0.4, 0.5) is 8.78 Å². The van der Waals surface area contributed by atoms with Crippen LogP contribution in [0.2, 0.25) is 0 Å². The Labute approximate surface area is 129 Å². The number of carboxylic acid groups (broad SMARTS) is 1. The number of benzene rings is 1. The van der Waals surface area contributed by atoms with Gasteiger partial charge in [0.15, 0.2) is 0 Å². The Morgan fingerprint density at radius 1 is 1.36 bits per heavy atom. The van der Waals surface area contributed by atoms with Crippen LogP contribution in [0, 0.1) is 11.6 Å². The molecule has 1 aliphatic rings. The zero-order valence-electron chi connectivity index (χ0n) is 12.8. The summed E-state index contributed by atoms with van der Waals surface area (Å²) in [5.74, 6) is -1.88. The Balaban J connectivity index is 1.87. The van der Waals surface area contributed by atoms with Gasteiger partial charge >= 0.3 is 5.97 Å². The minimum absolute atomic E-state index is 0.0633. The third kappa shape index (κ3) is 4.48. The van der Waals surface area contributed by atoms with E-state index in [4.69, 9.17) is 5.11 Å². The SMILES string of the molecule is CCN(CC(=O)O)C1CCN(Cc2ccc(F)cc2F)CC1. The highest BCUT2D eigenvalue weighted by atomic mass is 19.1. The number of likely N-dealkylation sites (N-methyl/N-ethyl adjacent to an activating group) is 1. The maximum Gasteiger partial charge on any atom is 0.317 e. The van der Waals surface area contributed by atoms with Gasteiger partial charge in [-0.1, -0.05) is 13.0 Å². The molecular formula is C16H22F2N2O2. The molecule has 0 bridgehead atoms. The Morgan fingerprint density at radius 2 is 2.05 bits per heavy atom. The molecule has 4 nitrogen and oxygen atoms in total. The van der Waals surface area contributed by atoms with Crippen LogP contribution in [0.25, 0.3) is 0 Å². The molecule has 122 valence electrons. The topological polar surface area (TPSA) is 43.8 Å². The Morgan fingerprint density at radius 3 is 2.59 bits per heavy atom. The van der Waals surface area contributed by atoms with Gasteiger partial charge in [0.2, 0.25) is 0 Å². The summed E-state index contributed by atoms with van der Waals surface area (Å²) in [5, 5.41) is 8.92. The number of hydrogen-bond donors (Lipinski definition) is 1. The fraction of sp³-hybridized carbons (Fsp3) is 0.562. The minimum Gasteiger partial charge on any atom is -0.480 e. The first-order valence-corrected chi connectivity index (χ1v) is 7.61. The van der Waals surface area contributed by atoms with Gasteiger partial charge in [-0.2, -0.15) is 0 Å². The summed E-state index contributed by atoms with van der Waals surface area (Å²) in [6.07, 6.45) is 1.73. The van der Waals surface area contributed by atoms with E-state index in [1.807, 2.05) is 11.8 Å². The van der Waals surface area contributed by atoms with E-state index >= 15 is 0 Å². The first-order chi connectivity index (χ1) is 10.5. The van der Waals surface area contributed by atoms with Crippen LogP contribution >= 0.6 is 0 Å². The molecule has 2 rings (SSSR count). The van der Waals surface area contributed by atoms with Crippen LogP contribution < -0.4 is 0 Å². The molecule has 1 aromatic rings. The predicted octanol–water partition coefficient (Wildman–Crippen LogP) is 2.34. The highest BCUT2D eigenvalue weighted by Crippen LogP contribution is 2.19. The lowest BCUT2D eigenvalue weighted by molar-refractivity contribution is -0.139. The van der Waals surface area contributed by atoms with E-state index < -0.39 is 17.6 Å². The van der Waals surface area contributed by atoms with Crippen LogP contribution in [0.15, 0.2) is 18.2 Å². The third-order valence-electron chi connectivity index (χ3n) is 4.23. The number of carboxylic acids is 1. The molecule has 0 spiro atoms. The van der Waals surface area contributed by atoms with E-state index in [9.17, 15) is 13.6 Å². The number of likely N-dealkylation sites (tertiary alicyclic amines) is 1. The lowest BCUT2D eigenvalue weighted by Crippen LogP contribution is -2.46. The van der Waals surface area contributed by atoms with E-state index in [0.717, 1.165) is 32.0 Å². The first kappa shape index (κ1) is 16.8. The van der Waals surface area contributed by atoms with Crippen molar-refractivity contribution in [3.05, 3.63) is 35.4 Å². The summed E-state index contributed by atoms with van der Waals surface area (Å²) in [4.78, 5) is 15.0. The van der Waals surface area contributed by atoms with Gasteiger partial charge in [0.25, 0.3) is 0 Å². The van der Waals surface area contributed by atoms with Gasteiger partial charge in [-0.3, -0.25) is 14.6 Å². The standard InChI is InChI=1S/C16H22F2N2O2/c1-2-20(11-16(21)22)14-5-7-19(8-6-14)10-12-3-4-13(17)9-15(12)18/h3-4,9,14H,2,5-8,10-11H2,1H3,(H,21,22). The van der Waals surface area contributed by atoms with E-state index in [1.54, 1.807) is 0 Å². The third-order valence-corrected chi connectivity index (χ3v) is 4.23. The molecule has 1 fully saturated rings. The van der Waals surface area contributed by atoms with E-state index in [1.165, 1.54) is 12.1 Å². The summed E-state index contributed by atoms with van der Waals surface area (Å²) in [6.45, 7) is 4.78. The molecule has 0 aromatic heterocycles.